The van der Waals surface area contributed by atoms with Gasteiger partial charge in [0.1, 0.15) is 0 Å². The Balaban J connectivity index is 1.46. The van der Waals surface area contributed by atoms with Gasteiger partial charge in [0.05, 0.1) is 5.92 Å². The van der Waals surface area contributed by atoms with Crippen molar-refractivity contribution < 1.29 is 4.79 Å². The van der Waals surface area contributed by atoms with Gasteiger partial charge in [0, 0.05) is 35.2 Å². The third-order valence-corrected chi connectivity index (χ3v) is 6.74. The number of hydrogen-bond acceptors (Lipinski definition) is 5. The van der Waals surface area contributed by atoms with Crippen molar-refractivity contribution in [3.63, 3.8) is 0 Å². The summed E-state index contributed by atoms with van der Waals surface area (Å²) in [4.78, 5) is 15.0. The van der Waals surface area contributed by atoms with Crippen LogP contribution in [0.15, 0.2) is 30.3 Å². The van der Waals surface area contributed by atoms with E-state index < -0.39 is 0 Å². The van der Waals surface area contributed by atoms with E-state index in [1.165, 1.54) is 0 Å². The molecule has 2 aromatic heterocycles. The van der Waals surface area contributed by atoms with Crippen LogP contribution >= 0.6 is 22.9 Å². The maximum Gasteiger partial charge on any atom is 0.229 e. The highest BCUT2D eigenvalue weighted by atomic mass is 35.5. The van der Waals surface area contributed by atoms with Crippen molar-refractivity contribution in [1.29, 1.82) is 0 Å². The molecule has 1 atom stereocenters. The highest BCUT2D eigenvalue weighted by Gasteiger charge is 2.28. The molecule has 1 fully saturated rings. The molecule has 0 spiro atoms. The summed E-state index contributed by atoms with van der Waals surface area (Å²) >= 11 is 7.74. The second-order valence-corrected chi connectivity index (χ2v) is 8.90. The van der Waals surface area contributed by atoms with E-state index in [1.807, 2.05) is 19.1 Å². The Labute approximate surface area is 179 Å². The lowest BCUT2D eigenvalue weighted by molar-refractivity contribution is -0.120. The summed E-state index contributed by atoms with van der Waals surface area (Å²) in [5.74, 6) is -0.0670. The number of amides is 1. The summed E-state index contributed by atoms with van der Waals surface area (Å²) in [6.45, 7) is 7.60. The number of aromatic nitrogens is 3. The fraction of sp³-hybridized carbons (Fsp3) is 0.381. The van der Waals surface area contributed by atoms with Gasteiger partial charge in [-0.2, -0.15) is 0 Å². The molecule has 8 heteroatoms. The summed E-state index contributed by atoms with van der Waals surface area (Å²) in [6.07, 6.45) is 1.81. The number of carbonyl (C=O) groups is 1. The monoisotopic (exact) mass is 429 g/mol. The van der Waals surface area contributed by atoms with Gasteiger partial charge in [-0.3, -0.25) is 9.36 Å². The van der Waals surface area contributed by atoms with Crippen molar-refractivity contribution >= 4 is 39.7 Å². The molecule has 1 amide bonds. The highest BCUT2D eigenvalue weighted by Crippen LogP contribution is 2.30. The number of piperidine rings is 1. The van der Waals surface area contributed by atoms with Gasteiger partial charge in [0.15, 0.2) is 0 Å². The largest absolute Gasteiger partial charge is 0.346 e. The number of aryl methyl sites for hydroxylation is 3. The molecule has 1 N–H and O–H groups in total. The van der Waals surface area contributed by atoms with E-state index in [9.17, 15) is 4.79 Å². The summed E-state index contributed by atoms with van der Waals surface area (Å²) in [5, 5.41) is 14.2. The Morgan fingerprint density at radius 2 is 1.86 bits per heavy atom. The fourth-order valence-corrected chi connectivity index (χ4v) is 4.86. The van der Waals surface area contributed by atoms with Crippen molar-refractivity contribution in [2.24, 2.45) is 5.92 Å². The minimum Gasteiger partial charge on any atom is -0.346 e. The van der Waals surface area contributed by atoms with Crippen LogP contribution in [-0.2, 0) is 4.79 Å². The van der Waals surface area contributed by atoms with Crippen LogP contribution in [0.3, 0.4) is 0 Å². The molecule has 1 aliphatic rings. The van der Waals surface area contributed by atoms with Crippen LogP contribution in [-0.4, -0.2) is 33.8 Å². The number of nitrogens with zero attached hydrogens (tertiary/aromatic N) is 4. The molecular weight excluding hydrogens is 406 g/mol. The number of hydrogen-bond donors (Lipinski definition) is 1. The molecule has 3 heterocycles. The minimum atomic E-state index is -0.0915. The lowest BCUT2D eigenvalue weighted by Gasteiger charge is -2.31. The molecule has 4 rings (SSSR count). The molecule has 152 valence electrons. The smallest absolute Gasteiger partial charge is 0.229 e. The molecule has 1 saturated heterocycles. The molecule has 0 bridgehead atoms. The Hall–Kier alpha value is -2.38. The zero-order valence-corrected chi connectivity index (χ0v) is 18.3. The summed E-state index contributed by atoms with van der Waals surface area (Å²) in [6, 6.07) is 9.76. The van der Waals surface area contributed by atoms with Gasteiger partial charge >= 0.3 is 0 Å². The minimum absolute atomic E-state index is 0.0245. The van der Waals surface area contributed by atoms with Crippen molar-refractivity contribution in [1.82, 2.24) is 14.8 Å². The van der Waals surface area contributed by atoms with Gasteiger partial charge in [-0.15, -0.1) is 10.2 Å². The number of anilines is 2. The van der Waals surface area contributed by atoms with Crippen molar-refractivity contribution in [3.05, 3.63) is 52.3 Å². The van der Waals surface area contributed by atoms with Gasteiger partial charge in [-0.1, -0.05) is 29.0 Å². The van der Waals surface area contributed by atoms with Gasteiger partial charge in [-0.05, 0) is 63.4 Å². The second-order valence-electron chi connectivity index (χ2n) is 7.56. The third-order valence-electron chi connectivity index (χ3n) is 5.37. The first kappa shape index (κ1) is 19.9. The Kier molecular flexibility index (Phi) is 5.61. The van der Waals surface area contributed by atoms with E-state index in [0.29, 0.717) is 11.6 Å². The summed E-state index contributed by atoms with van der Waals surface area (Å²) in [7, 11) is 0. The van der Waals surface area contributed by atoms with Crippen LogP contribution in [0.5, 0.6) is 0 Å². The predicted molar refractivity (Wildman–Crippen MR) is 118 cm³/mol. The molecule has 29 heavy (non-hydrogen) atoms. The molecule has 6 nitrogen and oxygen atoms in total. The average Bonchev–Trinajstić information content (AvgIpc) is 3.31. The predicted octanol–water partition coefficient (Wildman–Crippen LogP) is 4.76. The summed E-state index contributed by atoms with van der Waals surface area (Å²) < 4.78 is 2.11. The normalized spacial score (nSPS) is 16.8. The Bertz CT molecular complexity index is 1020. The number of benzene rings is 1. The van der Waals surface area contributed by atoms with Gasteiger partial charge in [0.25, 0.3) is 0 Å². The van der Waals surface area contributed by atoms with E-state index in [1.54, 1.807) is 17.4 Å². The van der Waals surface area contributed by atoms with E-state index in [-0.39, 0.29) is 11.8 Å². The van der Waals surface area contributed by atoms with Crippen LogP contribution in [0.25, 0.3) is 5.13 Å². The van der Waals surface area contributed by atoms with E-state index in [4.69, 9.17) is 11.6 Å². The van der Waals surface area contributed by atoms with E-state index in [2.05, 4.69) is 51.0 Å². The third kappa shape index (κ3) is 4.16. The number of rotatable bonds is 4. The lowest BCUT2D eigenvalue weighted by atomic mass is 9.97. The average molecular weight is 430 g/mol. The molecule has 0 unspecified atom stereocenters. The topological polar surface area (TPSA) is 63.1 Å². The first-order chi connectivity index (χ1) is 13.9. The molecule has 0 aliphatic carbocycles. The zero-order chi connectivity index (χ0) is 20.5. The number of nitrogens with one attached hydrogen (secondary N) is 1. The number of carbonyl (C=O) groups excluding carboxylic acids is 1. The Morgan fingerprint density at radius 3 is 2.59 bits per heavy atom. The second kappa shape index (κ2) is 8.16. The zero-order valence-electron chi connectivity index (χ0n) is 16.8. The van der Waals surface area contributed by atoms with Gasteiger partial charge in [-0.25, -0.2) is 0 Å². The molecule has 3 aromatic rings. The first-order valence-electron chi connectivity index (χ1n) is 9.73. The first-order valence-corrected chi connectivity index (χ1v) is 10.9. The highest BCUT2D eigenvalue weighted by molar-refractivity contribution is 7.17. The molecule has 0 saturated carbocycles. The van der Waals surface area contributed by atoms with Crippen LogP contribution in [0.4, 0.5) is 10.8 Å². The van der Waals surface area contributed by atoms with Crippen LogP contribution in [0.1, 0.15) is 29.8 Å². The van der Waals surface area contributed by atoms with Gasteiger partial charge < -0.3 is 10.2 Å². The van der Waals surface area contributed by atoms with Crippen molar-refractivity contribution in [2.45, 2.75) is 33.6 Å². The molecule has 1 aliphatic heterocycles. The standard InChI is InChI=1S/C21H24ClN5OS/c1-13-6-9-17(11-18(13)22)23-19(28)16-5-4-10-26(12-16)20-24-25-21(29-20)27-14(2)7-8-15(27)3/h6-9,11,16H,4-5,10,12H2,1-3H3,(H,23,28)/t16-/m0/s1. The number of halogens is 1. The van der Waals surface area contributed by atoms with Crippen molar-refractivity contribution in [3.8, 4) is 5.13 Å². The maximum atomic E-state index is 12.8. The van der Waals surface area contributed by atoms with Crippen molar-refractivity contribution in [2.75, 3.05) is 23.3 Å². The maximum absolute atomic E-state index is 12.8. The van der Waals surface area contributed by atoms with E-state index >= 15 is 0 Å². The Morgan fingerprint density at radius 1 is 1.14 bits per heavy atom. The molecule has 1 aromatic carbocycles. The van der Waals surface area contributed by atoms with Gasteiger partial charge in [0.2, 0.25) is 16.2 Å². The molecular formula is C21H24ClN5OS. The lowest BCUT2D eigenvalue weighted by Crippen LogP contribution is -2.40. The van der Waals surface area contributed by atoms with E-state index in [0.717, 1.165) is 52.3 Å². The molecule has 0 radical (unpaired) electrons. The van der Waals surface area contributed by atoms with Crippen LogP contribution in [0.2, 0.25) is 5.02 Å². The van der Waals surface area contributed by atoms with Crippen LogP contribution < -0.4 is 10.2 Å². The summed E-state index contributed by atoms with van der Waals surface area (Å²) in [5.41, 5.74) is 4.00. The SMILES string of the molecule is Cc1ccc(NC(=O)[C@H]2CCCN(c3nnc(-n4c(C)ccc4C)s3)C2)cc1Cl. The quantitative estimate of drug-likeness (QED) is 0.649. The van der Waals surface area contributed by atoms with Crippen LogP contribution in [0, 0.1) is 26.7 Å². The fourth-order valence-electron chi connectivity index (χ4n) is 3.68.